The molecular weight excluding hydrogens is 252 g/mol. The van der Waals surface area contributed by atoms with E-state index in [1.54, 1.807) is 6.20 Å². The minimum absolute atomic E-state index is 0.389. The minimum atomic E-state index is 0.389. The number of hydrogen-bond acceptors (Lipinski definition) is 5. The van der Waals surface area contributed by atoms with Crippen molar-refractivity contribution in [3.63, 3.8) is 0 Å². The second-order valence-corrected chi connectivity index (χ2v) is 4.81. The lowest BCUT2D eigenvalue weighted by atomic mass is 10.2. The maximum absolute atomic E-state index is 5.65. The second-order valence-electron chi connectivity index (χ2n) is 4.81. The number of anilines is 1. The van der Waals surface area contributed by atoms with E-state index in [9.17, 15) is 0 Å². The molecule has 3 rings (SSSR count). The van der Waals surface area contributed by atoms with Gasteiger partial charge in [-0.25, -0.2) is 9.97 Å². The van der Waals surface area contributed by atoms with Crippen LogP contribution in [0, 0.1) is 6.92 Å². The molecule has 0 aliphatic carbocycles. The number of aryl methyl sites for hydroxylation is 1. The van der Waals surface area contributed by atoms with Crippen molar-refractivity contribution < 1.29 is 4.74 Å². The van der Waals surface area contributed by atoms with Crippen LogP contribution in [0.5, 0.6) is 11.8 Å². The molecule has 104 valence electrons. The first-order valence-corrected chi connectivity index (χ1v) is 6.84. The smallest absolute Gasteiger partial charge is 0.322 e. The van der Waals surface area contributed by atoms with Crippen LogP contribution in [0.25, 0.3) is 0 Å². The molecule has 0 amide bonds. The standard InChI is InChI=1S/C15H18N4O/c1-12-6-7-17-15(18-12)20-14-4-2-13(3-5-14)19-10-8-16-9-11-19/h2-7,16H,8-11H2,1H3. The lowest BCUT2D eigenvalue weighted by molar-refractivity contribution is 0.440. The Balaban J connectivity index is 1.69. The summed E-state index contributed by atoms with van der Waals surface area (Å²) in [6.07, 6.45) is 1.70. The van der Waals surface area contributed by atoms with E-state index in [1.807, 2.05) is 25.1 Å². The number of piperazine rings is 1. The van der Waals surface area contributed by atoms with Crippen molar-refractivity contribution in [3.05, 3.63) is 42.2 Å². The third kappa shape index (κ3) is 3.05. The van der Waals surface area contributed by atoms with Crippen molar-refractivity contribution in [3.8, 4) is 11.8 Å². The summed E-state index contributed by atoms with van der Waals surface area (Å²) in [6, 6.07) is 10.3. The quantitative estimate of drug-likeness (QED) is 0.924. The molecule has 2 heterocycles. The highest BCUT2D eigenvalue weighted by Gasteiger charge is 2.10. The predicted octanol–water partition coefficient (Wildman–Crippen LogP) is 1.99. The number of benzene rings is 1. The van der Waals surface area contributed by atoms with Gasteiger partial charge in [0, 0.05) is 43.8 Å². The van der Waals surface area contributed by atoms with Crippen LogP contribution in [0.2, 0.25) is 0 Å². The predicted molar refractivity (Wildman–Crippen MR) is 78.4 cm³/mol. The summed E-state index contributed by atoms with van der Waals surface area (Å²) in [5.74, 6) is 0.759. The van der Waals surface area contributed by atoms with Gasteiger partial charge in [-0.05, 0) is 37.3 Å². The highest BCUT2D eigenvalue weighted by Crippen LogP contribution is 2.22. The van der Waals surface area contributed by atoms with E-state index in [0.29, 0.717) is 6.01 Å². The van der Waals surface area contributed by atoms with E-state index < -0.39 is 0 Å². The van der Waals surface area contributed by atoms with Gasteiger partial charge in [0.25, 0.3) is 0 Å². The molecule has 2 aromatic rings. The van der Waals surface area contributed by atoms with Gasteiger partial charge in [0.15, 0.2) is 0 Å². The Kier molecular flexibility index (Phi) is 3.78. The van der Waals surface area contributed by atoms with Gasteiger partial charge >= 0.3 is 6.01 Å². The van der Waals surface area contributed by atoms with Crippen LogP contribution in [0.3, 0.4) is 0 Å². The van der Waals surface area contributed by atoms with Crippen molar-refractivity contribution in [1.29, 1.82) is 0 Å². The average Bonchev–Trinajstić information content (AvgIpc) is 2.49. The summed E-state index contributed by atoms with van der Waals surface area (Å²) < 4.78 is 5.65. The van der Waals surface area contributed by atoms with E-state index in [0.717, 1.165) is 37.6 Å². The van der Waals surface area contributed by atoms with Gasteiger partial charge in [0.1, 0.15) is 5.75 Å². The van der Waals surface area contributed by atoms with E-state index in [-0.39, 0.29) is 0 Å². The Hall–Kier alpha value is -2.14. The molecule has 1 saturated heterocycles. The lowest BCUT2D eigenvalue weighted by Gasteiger charge is -2.29. The maximum atomic E-state index is 5.65. The molecule has 0 atom stereocenters. The highest BCUT2D eigenvalue weighted by atomic mass is 16.5. The van der Waals surface area contributed by atoms with Crippen LogP contribution < -0.4 is 15.0 Å². The molecule has 20 heavy (non-hydrogen) atoms. The average molecular weight is 270 g/mol. The van der Waals surface area contributed by atoms with Crippen molar-refractivity contribution in [2.24, 2.45) is 0 Å². The number of aromatic nitrogens is 2. The van der Waals surface area contributed by atoms with Gasteiger partial charge in [-0.15, -0.1) is 0 Å². The number of nitrogens with one attached hydrogen (secondary N) is 1. The Bertz CT molecular complexity index is 564. The molecule has 1 fully saturated rings. The van der Waals surface area contributed by atoms with Crippen LogP contribution in [-0.4, -0.2) is 36.1 Å². The lowest BCUT2D eigenvalue weighted by Crippen LogP contribution is -2.43. The van der Waals surface area contributed by atoms with Crippen LogP contribution in [0.1, 0.15) is 5.69 Å². The minimum Gasteiger partial charge on any atom is -0.424 e. The Morgan fingerprint density at radius 2 is 1.85 bits per heavy atom. The normalized spacial score (nSPS) is 15.2. The van der Waals surface area contributed by atoms with Gasteiger partial charge < -0.3 is 15.0 Å². The first-order chi connectivity index (χ1) is 9.81. The second kappa shape index (κ2) is 5.88. The fraction of sp³-hybridized carbons (Fsp3) is 0.333. The Labute approximate surface area is 118 Å². The fourth-order valence-electron chi connectivity index (χ4n) is 2.23. The molecule has 0 bridgehead atoms. The largest absolute Gasteiger partial charge is 0.424 e. The molecule has 1 aliphatic heterocycles. The van der Waals surface area contributed by atoms with E-state index >= 15 is 0 Å². The summed E-state index contributed by atoms with van der Waals surface area (Å²) in [6.45, 7) is 6.08. The van der Waals surface area contributed by atoms with Crippen molar-refractivity contribution in [1.82, 2.24) is 15.3 Å². The molecular formula is C15H18N4O. The molecule has 0 unspecified atom stereocenters. The van der Waals surface area contributed by atoms with Crippen molar-refractivity contribution in [2.45, 2.75) is 6.92 Å². The van der Waals surface area contributed by atoms with Gasteiger partial charge in [0.05, 0.1) is 0 Å². The van der Waals surface area contributed by atoms with Crippen molar-refractivity contribution >= 4 is 5.69 Å². The van der Waals surface area contributed by atoms with Crippen molar-refractivity contribution in [2.75, 3.05) is 31.1 Å². The van der Waals surface area contributed by atoms with Gasteiger partial charge in [-0.1, -0.05) is 0 Å². The van der Waals surface area contributed by atoms with Gasteiger partial charge in [0.2, 0.25) is 0 Å². The number of nitrogens with zero attached hydrogens (tertiary/aromatic N) is 3. The summed E-state index contributed by atoms with van der Waals surface area (Å²) in [5, 5.41) is 3.35. The number of hydrogen-bond donors (Lipinski definition) is 1. The van der Waals surface area contributed by atoms with Crippen LogP contribution in [-0.2, 0) is 0 Å². The first-order valence-electron chi connectivity index (χ1n) is 6.84. The monoisotopic (exact) mass is 270 g/mol. The van der Waals surface area contributed by atoms with Crippen LogP contribution >= 0.6 is 0 Å². The Morgan fingerprint density at radius 3 is 2.55 bits per heavy atom. The van der Waals surface area contributed by atoms with Gasteiger partial charge in [-0.3, -0.25) is 0 Å². The van der Waals surface area contributed by atoms with Crippen LogP contribution in [0.4, 0.5) is 5.69 Å². The summed E-state index contributed by atoms with van der Waals surface area (Å²) >= 11 is 0. The highest BCUT2D eigenvalue weighted by molar-refractivity contribution is 5.49. The summed E-state index contributed by atoms with van der Waals surface area (Å²) in [4.78, 5) is 10.7. The maximum Gasteiger partial charge on any atom is 0.322 e. The van der Waals surface area contributed by atoms with Crippen LogP contribution in [0.15, 0.2) is 36.5 Å². The van der Waals surface area contributed by atoms with E-state index in [1.165, 1.54) is 5.69 Å². The molecule has 1 aromatic carbocycles. The molecule has 0 saturated carbocycles. The topological polar surface area (TPSA) is 50.3 Å². The molecule has 0 radical (unpaired) electrons. The SMILES string of the molecule is Cc1ccnc(Oc2ccc(N3CCNCC3)cc2)n1. The number of rotatable bonds is 3. The zero-order valence-corrected chi connectivity index (χ0v) is 11.5. The van der Waals surface area contributed by atoms with E-state index in [4.69, 9.17) is 4.74 Å². The molecule has 1 aromatic heterocycles. The number of ether oxygens (including phenoxy) is 1. The summed E-state index contributed by atoms with van der Waals surface area (Å²) in [7, 11) is 0. The summed E-state index contributed by atoms with van der Waals surface area (Å²) in [5.41, 5.74) is 2.12. The molecule has 0 spiro atoms. The zero-order chi connectivity index (χ0) is 13.8. The zero-order valence-electron chi connectivity index (χ0n) is 11.5. The third-order valence-corrected chi connectivity index (χ3v) is 3.30. The van der Waals surface area contributed by atoms with Gasteiger partial charge in [-0.2, -0.15) is 0 Å². The third-order valence-electron chi connectivity index (χ3n) is 3.30. The van der Waals surface area contributed by atoms with E-state index in [2.05, 4.69) is 32.3 Å². The first kappa shape index (κ1) is 12.9. The fourth-order valence-corrected chi connectivity index (χ4v) is 2.23. The Morgan fingerprint density at radius 1 is 1.10 bits per heavy atom. The molecule has 1 N–H and O–H groups in total. The molecule has 1 aliphatic rings. The molecule has 5 nitrogen and oxygen atoms in total. The molecule has 5 heteroatoms.